The molecule has 0 bridgehead atoms. The lowest BCUT2D eigenvalue weighted by molar-refractivity contribution is 0.102. The summed E-state index contributed by atoms with van der Waals surface area (Å²) in [5.41, 5.74) is 1.77. The second-order valence-electron chi connectivity index (χ2n) is 5.29. The van der Waals surface area contributed by atoms with Crippen LogP contribution in [0.2, 0.25) is 10.0 Å². The van der Waals surface area contributed by atoms with E-state index < -0.39 is 0 Å². The number of nitrogens with one attached hydrogen (secondary N) is 1. The van der Waals surface area contributed by atoms with Gasteiger partial charge in [-0.25, -0.2) is 0 Å². The normalized spacial score (nSPS) is 10.3. The summed E-state index contributed by atoms with van der Waals surface area (Å²) in [7, 11) is 0. The van der Waals surface area contributed by atoms with E-state index in [0.29, 0.717) is 33.5 Å². The van der Waals surface area contributed by atoms with Crippen LogP contribution in [0.1, 0.15) is 21.5 Å². The first-order valence-electron chi connectivity index (χ1n) is 7.34. The number of aromatic nitrogens is 2. The Morgan fingerprint density at radius 3 is 2.76 bits per heavy atom. The zero-order chi connectivity index (χ0) is 17.8. The molecule has 25 heavy (non-hydrogen) atoms. The molecule has 0 aliphatic heterocycles. The molecule has 0 fully saturated rings. The van der Waals surface area contributed by atoms with Crippen molar-refractivity contribution in [1.29, 1.82) is 5.26 Å². The number of hydrogen-bond acceptors (Lipinski definition) is 3. The maximum absolute atomic E-state index is 12.2. The van der Waals surface area contributed by atoms with Crippen molar-refractivity contribution in [1.82, 2.24) is 9.78 Å². The third-order valence-corrected chi connectivity index (χ3v) is 4.20. The van der Waals surface area contributed by atoms with Gasteiger partial charge in [-0.3, -0.25) is 9.48 Å². The molecule has 0 aliphatic carbocycles. The van der Waals surface area contributed by atoms with Crippen molar-refractivity contribution in [3.63, 3.8) is 0 Å². The molecule has 1 N–H and O–H groups in total. The number of halogens is 2. The minimum atomic E-state index is -0.322. The first-order valence-corrected chi connectivity index (χ1v) is 8.09. The molecular weight excluding hydrogens is 359 g/mol. The van der Waals surface area contributed by atoms with E-state index in [1.54, 1.807) is 47.3 Å². The maximum atomic E-state index is 12.2. The number of nitriles is 1. The van der Waals surface area contributed by atoms with Gasteiger partial charge in [-0.15, -0.1) is 0 Å². The summed E-state index contributed by atoms with van der Waals surface area (Å²) < 4.78 is 1.68. The Morgan fingerprint density at radius 1 is 1.16 bits per heavy atom. The van der Waals surface area contributed by atoms with Crippen LogP contribution < -0.4 is 5.32 Å². The van der Waals surface area contributed by atoms with E-state index in [-0.39, 0.29) is 5.91 Å². The van der Waals surface area contributed by atoms with Gasteiger partial charge in [0.2, 0.25) is 0 Å². The average Bonchev–Trinajstić information content (AvgIpc) is 3.05. The van der Waals surface area contributed by atoms with Gasteiger partial charge in [0, 0.05) is 17.8 Å². The number of benzene rings is 2. The number of carbonyl (C=O) groups excluding carboxylic acids is 1. The predicted octanol–water partition coefficient (Wildman–Crippen LogP) is 4.36. The van der Waals surface area contributed by atoms with Gasteiger partial charge in [-0.2, -0.15) is 10.4 Å². The Labute approximate surface area is 154 Å². The SMILES string of the molecule is N#Cc1cccc(C(=O)Nc2ccn(Cc3ccc(Cl)c(Cl)c3)n2)c1. The molecule has 0 atom stereocenters. The third-order valence-electron chi connectivity index (χ3n) is 3.46. The molecule has 0 radical (unpaired) electrons. The summed E-state index contributed by atoms with van der Waals surface area (Å²) in [6, 6.07) is 15.5. The van der Waals surface area contributed by atoms with E-state index in [9.17, 15) is 4.79 Å². The van der Waals surface area contributed by atoms with Crippen LogP contribution in [-0.4, -0.2) is 15.7 Å². The quantitative estimate of drug-likeness (QED) is 0.741. The second-order valence-corrected chi connectivity index (χ2v) is 6.11. The van der Waals surface area contributed by atoms with Crippen molar-refractivity contribution in [3.8, 4) is 6.07 Å². The molecule has 0 unspecified atom stereocenters. The number of nitrogens with zero attached hydrogens (tertiary/aromatic N) is 3. The van der Waals surface area contributed by atoms with Crippen LogP contribution >= 0.6 is 23.2 Å². The van der Waals surface area contributed by atoms with Gasteiger partial charge < -0.3 is 5.32 Å². The molecule has 2 aromatic carbocycles. The van der Waals surface area contributed by atoms with E-state index in [1.807, 2.05) is 12.1 Å². The summed E-state index contributed by atoms with van der Waals surface area (Å²) in [6.07, 6.45) is 1.75. The highest BCUT2D eigenvalue weighted by atomic mass is 35.5. The molecule has 0 saturated carbocycles. The Balaban J connectivity index is 1.69. The van der Waals surface area contributed by atoms with Crippen molar-refractivity contribution in [2.45, 2.75) is 6.54 Å². The zero-order valence-corrected chi connectivity index (χ0v) is 14.4. The molecule has 1 heterocycles. The van der Waals surface area contributed by atoms with Gasteiger partial charge >= 0.3 is 0 Å². The summed E-state index contributed by atoms with van der Waals surface area (Å²) >= 11 is 11.9. The lowest BCUT2D eigenvalue weighted by atomic mass is 10.1. The van der Waals surface area contributed by atoms with E-state index in [1.165, 1.54) is 6.07 Å². The van der Waals surface area contributed by atoms with Gasteiger partial charge in [0.05, 0.1) is 28.2 Å². The van der Waals surface area contributed by atoms with Crippen LogP contribution in [-0.2, 0) is 6.54 Å². The van der Waals surface area contributed by atoms with Crippen molar-refractivity contribution in [2.75, 3.05) is 5.32 Å². The van der Waals surface area contributed by atoms with Crippen LogP contribution in [0.15, 0.2) is 54.7 Å². The highest BCUT2D eigenvalue weighted by molar-refractivity contribution is 6.42. The van der Waals surface area contributed by atoms with Crippen molar-refractivity contribution >= 4 is 34.9 Å². The number of hydrogen-bond donors (Lipinski definition) is 1. The summed E-state index contributed by atoms with van der Waals surface area (Å²) in [4.78, 5) is 12.2. The fraction of sp³-hybridized carbons (Fsp3) is 0.0556. The van der Waals surface area contributed by atoms with E-state index in [0.717, 1.165) is 5.56 Å². The molecule has 3 rings (SSSR count). The molecule has 7 heteroatoms. The van der Waals surface area contributed by atoms with Gasteiger partial charge in [0.25, 0.3) is 5.91 Å². The van der Waals surface area contributed by atoms with Gasteiger partial charge in [0.1, 0.15) is 0 Å². The summed E-state index contributed by atoms with van der Waals surface area (Å²) in [5, 5.41) is 16.9. The Morgan fingerprint density at radius 2 is 2.00 bits per heavy atom. The largest absolute Gasteiger partial charge is 0.305 e. The van der Waals surface area contributed by atoms with E-state index in [4.69, 9.17) is 28.5 Å². The topological polar surface area (TPSA) is 70.7 Å². The average molecular weight is 371 g/mol. The molecule has 0 aliphatic rings. The minimum absolute atomic E-state index is 0.322. The van der Waals surface area contributed by atoms with E-state index in [2.05, 4.69) is 10.4 Å². The third kappa shape index (κ3) is 4.18. The second kappa shape index (κ2) is 7.39. The lowest BCUT2D eigenvalue weighted by Gasteiger charge is -2.04. The highest BCUT2D eigenvalue weighted by Crippen LogP contribution is 2.23. The lowest BCUT2D eigenvalue weighted by Crippen LogP contribution is -2.13. The zero-order valence-electron chi connectivity index (χ0n) is 12.9. The fourth-order valence-electron chi connectivity index (χ4n) is 2.26. The molecule has 5 nitrogen and oxygen atoms in total. The first-order chi connectivity index (χ1) is 12.0. The van der Waals surface area contributed by atoms with Crippen molar-refractivity contribution in [2.24, 2.45) is 0 Å². The number of anilines is 1. The van der Waals surface area contributed by atoms with E-state index >= 15 is 0 Å². The summed E-state index contributed by atoms with van der Waals surface area (Å²) in [6.45, 7) is 0.497. The van der Waals surface area contributed by atoms with Crippen molar-refractivity contribution < 1.29 is 4.79 Å². The smallest absolute Gasteiger partial charge is 0.256 e. The number of rotatable bonds is 4. The number of carbonyl (C=O) groups is 1. The number of amides is 1. The highest BCUT2D eigenvalue weighted by Gasteiger charge is 2.09. The van der Waals surface area contributed by atoms with Gasteiger partial charge in [-0.1, -0.05) is 35.3 Å². The fourth-order valence-corrected chi connectivity index (χ4v) is 2.58. The molecule has 3 aromatic rings. The summed E-state index contributed by atoms with van der Waals surface area (Å²) in [5.74, 6) is 0.101. The molecule has 0 spiro atoms. The molecular formula is C18H12Cl2N4O. The Hall–Kier alpha value is -2.81. The standard InChI is InChI=1S/C18H12Cl2N4O/c19-15-5-4-13(9-16(15)20)11-24-7-6-17(23-24)22-18(25)14-3-1-2-12(8-14)10-21/h1-9H,11H2,(H,22,23,25). The Bertz CT molecular complexity index is 975. The monoisotopic (exact) mass is 370 g/mol. The van der Waals surface area contributed by atoms with Crippen molar-refractivity contribution in [3.05, 3.63) is 81.5 Å². The molecule has 1 aromatic heterocycles. The van der Waals surface area contributed by atoms with Crippen LogP contribution in [0.4, 0.5) is 5.82 Å². The Kier molecular flexibility index (Phi) is 5.03. The molecule has 1 amide bonds. The van der Waals surface area contributed by atoms with Crippen LogP contribution in [0.25, 0.3) is 0 Å². The first kappa shape index (κ1) is 17.0. The van der Waals surface area contributed by atoms with Crippen LogP contribution in [0.5, 0.6) is 0 Å². The molecule has 124 valence electrons. The van der Waals surface area contributed by atoms with Crippen LogP contribution in [0.3, 0.4) is 0 Å². The maximum Gasteiger partial charge on any atom is 0.256 e. The van der Waals surface area contributed by atoms with Gasteiger partial charge in [0.15, 0.2) is 5.82 Å². The predicted molar refractivity (Wildman–Crippen MR) is 96.9 cm³/mol. The minimum Gasteiger partial charge on any atom is -0.305 e. The van der Waals surface area contributed by atoms with Crippen LogP contribution in [0, 0.1) is 11.3 Å². The molecule has 0 saturated heterocycles. The van der Waals surface area contributed by atoms with Gasteiger partial charge in [-0.05, 0) is 35.9 Å².